The minimum atomic E-state index is -1.22. The predicted molar refractivity (Wildman–Crippen MR) is 63.3 cm³/mol. The Labute approximate surface area is 99.9 Å². The zero-order valence-corrected chi connectivity index (χ0v) is 9.48. The molecule has 17 heavy (non-hydrogen) atoms. The van der Waals surface area contributed by atoms with Crippen molar-refractivity contribution in [1.29, 1.82) is 0 Å². The van der Waals surface area contributed by atoms with Gasteiger partial charge in [0.05, 0.1) is 11.1 Å². The van der Waals surface area contributed by atoms with Crippen LogP contribution in [-0.2, 0) is 6.42 Å². The zero-order valence-electron chi connectivity index (χ0n) is 9.48. The predicted octanol–water partition coefficient (Wildman–Crippen LogP) is 2.63. The van der Waals surface area contributed by atoms with Crippen molar-refractivity contribution >= 4 is 11.9 Å². The molecular weight excluding hydrogens is 220 g/mol. The lowest BCUT2D eigenvalue weighted by Gasteiger charge is -2.05. The highest BCUT2D eigenvalue weighted by molar-refractivity contribution is 6.01. The summed E-state index contributed by atoms with van der Waals surface area (Å²) >= 11 is 0. The van der Waals surface area contributed by atoms with E-state index in [-0.39, 0.29) is 11.1 Å². The lowest BCUT2D eigenvalue weighted by Crippen LogP contribution is -2.08. The third-order valence-corrected chi connectivity index (χ3v) is 2.51. The van der Waals surface area contributed by atoms with Gasteiger partial charge in [0.1, 0.15) is 0 Å². The van der Waals surface area contributed by atoms with Crippen molar-refractivity contribution in [3.63, 3.8) is 0 Å². The Bertz CT molecular complexity index is 423. The van der Waals surface area contributed by atoms with Crippen LogP contribution < -0.4 is 0 Å². The molecule has 0 atom stereocenters. The van der Waals surface area contributed by atoms with Crippen LogP contribution in [0.5, 0.6) is 0 Å². The molecule has 0 aliphatic carbocycles. The van der Waals surface area contributed by atoms with Gasteiger partial charge in [0.2, 0.25) is 0 Å². The molecule has 1 aromatic rings. The number of carbonyl (C=O) groups is 2. The molecule has 91 valence electrons. The molecule has 2 N–H and O–H groups in total. The van der Waals surface area contributed by atoms with Crippen molar-refractivity contribution in [2.45, 2.75) is 25.7 Å². The van der Waals surface area contributed by atoms with Crippen molar-refractivity contribution in [3.05, 3.63) is 41.8 Å². The van der Waals surface area contributed by atoms with Gasteiger partial charge in [-0.2, -0.15) is 0 Å². The van der Waals surface area contributed by atoms with Crippen molar-refractivity contribution in [2.75, 3.05) is 0 Å². The van der Waals surface area contributed by atoms with E-state index < -0.39 is 11.9 Å². The van der Waals surface area contributed by atoms with Gasteiger partial charge >= 0.3 is 11.9 Å². The van der Waals surface area contributed by atoms with Gasteiger partial charge in [-0.1, -0.05) is 25.8 Å². The van der Waals surface area contributed by atoms with Crippen LogP contribution in [0.2, 0.25) is 0 Å². The standard InChI is InChI=1S/C13H15O4/c1-2-3-4-5-9-6-7-10(12(14)15)11(8-9)13(16)17/h6-8H,1-5H2,(H,14,15)(H,16,17). The summed E-state index contributed by atoms with van der Waals surface area (Å²) in [5.74, 6) is -2.42. The first-order valence-corrected chi connectivity index (χ1v) is 5.45. The van der Waals surface area contributed by atoms with E-state index in [9.17, 15) is 9.59 Å². The van der Waals surface area contributed by atoms with Crippen LogP contribution in [0.4, 0.5) is 0 Å². The summed E-state index contributed by atoms with van der Waals surface area (Å²) in [6.45, 7) is 3.73. The fourth-order valence-electron chi connectivity index (χ4n) is 1.62. The number of benzene rings is 1. The van der Waals surface area contributed by atoms with Crippen LogP contribution in [-0.4, -0.2) is 22.2 Å². The van der Waals surface area contributed by atoms with Gasteiger partial charge in [-0.3, -0.25) is 0 Å². The van der Waals surface area contributed by atoms with Gasteiger partial charge in [-0.15, -0.1) is 0 Å². The SMILES string of the molecule is [CH2]CCCCc1ccc(C(=O)O)c(C(=O)O)c1. The summed E-state index contributed by atoms with van der Waals surface area (Å²) in [6, 6.07) is 4.46. The second-order valence-electron chi connectivity index (χ2n) is 3.80. The van der Waals surface area contributed by atoms with Crippen molar-refractivity contribution in [1.82, 2.24) is 0 Å². The Balaban J connectivity index is 2.94. The summed E-state index contributed by atoms with van der Waals surface area (Å²) in [5.41, 5.74) is 0.531. The lowest BCUT2D eigenvalue weighted by molar-refractivity contribution is 0.0651. The Kier molecular flexibility index (Phi) is 4.69. The van der Waals surface area contributed by atoms with Gasteiger partial charge in [0, 0.05) is 0 Å². The minimum Gasteiger partial charge on any atom is -0.478 e. The van der Waals surface area contributed by atoms with E-state index in [1.807, 2.05) is 0 Å². The maximum atomic E-state index is 10.9. The summed E-state index contributed by atoms with van der Waals surface area (Å²) in [4.78, 5) is 21.8. The molecule has 1 rings (SSSR count). The van der Waals surface area contributed by atoms with Crippen LogP contribution in [0.3, 0.4) is 0 Å². The van der Waals surface area contributed by atoms with Crippen LogP contribution in [0.25, 0.3) is 0 Å². The molecule has 0 saturated carbocycles. The Morgan fingerprint density at radius 3 is 2.24 bits per heavy atom. The fraction of sp³-hybridized carbons (Fsp3) is 0.308. The van der Waals surface area contributed by atoms with Crippen LogP contribution in [0, 0.1) is 6.92 Å². The number of aryl methyl sites for hydroxylation is 1. The highest BCUT2D eigenvalue weighted by Crippen LogP contribution is 2.15. The molecule has 0 aromatic heterocycles. The first-order valence-electron chi connectivity index (χ1n) is 5.45. The molecule has 0 spiro atoms. The van der Waals surface area contributed by atoms with Gasteiger partial charge in [-0.05, 0) is 30.5 Å². The quantitative estimate of drug-likeness (QED) is 0.743. The second kappa shape index (κ2) is 6.03. The van der Waals surface area contributed by atoms with Crippen LogP contribution in [0.1, 0.15) is 45.5 Å². The lowest BCUT2D eigenvalue weighted by atomic mass is 10.0. The highest BCUT2D eigenvalue weighted by Gasteiger charge is 2.15. The number of unbranched alkanes of at least 4 members (excludes halogenated alkanes) is 2. The highest BCUT2D eigenvalue weighted by atomic mass is 16.4. The molecule has 4 heteroatoms. The Morgan fingerprint density at radius 2 is 1.71 bits per heavy atom. The van der Waals surface area contributed by atoms with Crippen LogP contribution in [0.15, 0.2) is 18.2 Å². The normalized spacial score (nSPS) is 10.2. The van der Waals surface area contributed by atoms with Crippen molar-refractivity contribution in [3.8, 4) is 0 Å². The largest absolute Gasteiger partial charge is 0.478 e. The molecule has 0 aliphatic rings. The fourth-order valence-corrected chi connectivity index (χ4v) is 1.62. The van der Waals surface area contributed by atoms with E-state index >= 15 is 0 Å². The first kappa shape index (κ1) is 13.2. The van der Waals surface area contributed by atoms with Gasteiger partial charge in [-0.25, -0.2) is 9.59 Å². The number of carboxylic acids is 2. The second-order valence-corrected chi connectivity index (χ2v) is 3.80. The molecule has 4 nitrogen and oxygen atoms in total. The Morgan fingerprint density at radius 1 is 1.06 bits per heavy atom. The molecule has 0 saturated heterocycles. The maximum Gasteiger partial charge on any atom is 0.336 e. The average Bonchev–Trinajstić information content (AvgIpc) is 2.29. The molecule has 0 amide bonds. The summed E-state index contributed by atoms with van der Waals surface area (Å²) in [6.07, 6.45) is 3.49. The van der Waals surface area contributed by atoms with Crippen LogP contribution >= 0.6 is 0 Å². The molecule has 0 fully saturated rings. The molecular formula is C13H15O4. The molecule has 0 aliphatic heterocycles. The topological polar surface area (TPSA) is 74.6 Å². The smallest absolute Gasteiger partial charge is 0.336 e. The number of hydrogen-bond acceptors (Lipinski definition) is 2. The van der Waals surface area contributed by atoms with E-state index in [0.717, 1.165) is 31.2 Å². The van der Waals surface area contributed by atoms with Gasteiger partial charge in [0.25, 0.3) is 0 Å². The van der Waals surface area contributed by atoms with Gasteiger partial charge < -0.3 is 10.2 Å². The molecule has 1 aromatic carbocycles. The number of carboxylic acid groups (broad SMARTS) is 2. The van der Waals surface area contributed by atoms with E-state index in [1.54, 1.807) is 6.07 Å². The van der Waals surface area contributed by atoms with Crippen molar-refractivity contribution in [2.24, 2.45) is 0 Å². The first-order chi connectivity index (χ1) is 8.06. The number of hydrogen-bond donors (Lipinski definition) is 2. The monoisotopic (exact) mass is 235 g/mol. The van der Waals surface area contributed by atoms with E-state index in [4.69, 9.17) is 10.2 Å². The summed E-state index contributed by atoms with van der Waals surface area (Å²) < 4.78 is 0. The van der Waals surface area contributed by atoms with E-state index in [2.05, 4.69) is 6.92 Å². The number of rotatable bonds is 6. The van der Waals surface area contributed by atoms with Crippen molar-refractivity contribution < 1.29 is 19.8 Å². The third kappa shape index (κ3) is 3.59. The average molecular weight is 235 g/mol. The molecule has 1 radical (unpaired) electrons. The molecule has 0 bridgehead atoms. The summed E-state index contributed by atoms with van der Waals surface area (Å²) in [5, 5.41) is 17.8. The zero-order chi connectivity index (χ0) is 12.8. The van der Waals surface area contributed by atoms with E-state index in [0.29, 0.717) is 0 Å². The molecule has 0 heterocycles. The third-order valence-electron chi connectivity index (χ3n) is 2.51. The van der Waals surface area contributed by atoms with E-state index in [1.165, 1.54) is 12.1 Å². The maximum absolute atomic E-state index is 10.9. The summed E-state index contributed by atoms with van der Waals surface area (Å²) in [7, 11) is 0. The number of aromatic carboxylic acids is 2. The Hall–Kier alpha value is -1.84. The minimum absolute atomic E-state index is 0.148. The van der Waals surface area contributed by atoms with Gasteiger partial charge in [0.15, 0.2) is 0 Å². The molecule has 0 unspecified atom stereocenters.